The van der Waals surface area contributed by atoms with Crippen LogP contribution in [0.25, 0.3) is 0 Å². The number of nitrogens with zero attached hydrogens (tertiary/aromatic N) is 2. The second-order valence-electron chi connectivity index (χ2n) is 7.33. The minimum atomic E-state index is -0.0540. The van der Waals surface area contributed by atoms with Gasteiger partial charge in [-0.25, -0.2) is 4.98 Å². The summed E-state index contributed by atoms with van der Waals surface area (Å²) in [4.78, 5) is 19.1. The predicted octanol–water partition coefficient (Wildman–Crippen LogP) is 3.91. The number of pyridine rings is 1. The van der Waals surface area contributed by atoms with E-state index in [1.165, 1.54) is 12.8 Å². The molecule has 28 heavy (non-hydrogen) atoms. The zero-order valence-corrected chi connectivity index (χ0v) is 16.9. The van der Waals surface area contributed by atoms with Crippen LogP contribution in [0.15, 0.2) is 36.5 Å². The van der Waals surface area contributed by atoms with Crippen LogP contribution in [-0.2, 0) is 11.2 Å². The zero-order valence-electron chi connectivity index (χ0n) is 16.9. The van der Waals surface area contributed by atoms with Gasteiger partial charge in [0, 0.05) is 19.5 Å². The minimum Gasteiger partial charge on any atom is -0.493 e. The van der Waals surface area contributed by atoms with Crippen LogP contribution >= 0.6 is 0 Å². The molecule has 1 N–H and O–H groups in total. The van der Waals surface area contributed by atoms with Crippen LogP contribution in [0.5, 0.6) is 11.5 Å². The Morgan fingerprint density at radius 2 is 2.04 bits per heavy atom. The van der Waals surface area contributed by atoms with Crippen molar-refractivity contribution in [1.82, 2.24) is 4.98 Å². The van der Waals surface area contributed by atoms with E-state index in [2.05, 4.69) is 22.1 Å². The Balaban J connectivity index is 1.52. The molecule has 1 atom stereocenters. The molecular weight excluding hydrogens is 354 g/mol. The molecule has 0 saturated carbocycles. The first-order valence-corrected chi connectivity index (χ1v) is 9.81. The Kier molecular flexibility index (Phi) is 6.74. The van der Waals surface area contributed by atoms with Crippen LogP contribution in [0.3, 0.4) is 0 Å². The lowest BCUT2D eigenvalue weighted by atomic mass is 10.00. The largest absolute Gasteiger partial charge is 0.493 e. The highest BCUT2D eigenvalue weighted by atomic mass is 16.5. The van der Waals surface area contributed by atoms with Crippen LogP contribution in [-0.4, -0.2) is 38.2 Å². The molecule has 0 bridgehead atoms. The first kappa shape index (κ1) is 20.0. The van der Waals surface area contributed by atoms with Gasteiger partial charge in [0.05, 0.1) is 26.1 Å². The number of carbonyl (C=O) groups excluding carboxylic acids is 1. The fraction of sp³-hybridized carbons (Fsp3) is 0.455. The molecule has 2 heterocycles. The predicted molar refractivity (Wildman–Crippen MR) is 111 cm³/mol. The highest BCUT2D eigenvalue weighted by Crippen LogP contribution is 2.28. The van der Waals surface area contributed by atoms with Crippen molar-refractivity contribution in [2.24, 2.45) is 5.92 Å². The quantitative estimate of drug-likeness (QED) is 0.785. The van der Waals surface area contributed by atoms with Crippen molar-refractivity contribution in [2.75, 3.05) is 37.5 Å². The fourth-order valence-corrected chi connectivity index (χ4v) is 3.57. The van der Waals surface area contributed by atoms with Crippen LogP contribution in [0.2, 0.25) is 0 Å². The van der Waals surface area contributed by atoms with E-state index in [0.29, 0.717) is 36.1 Å². The molecule has 1 amide bonds. The van der Waals surface area contributed by atoms with Gasteiger partial charge in [0.1, 0.15) is 5.82 Å². The number of nitrogens with one attached hydrogen (secondary N) is 1. The van der Waals surface area contributed by atoms with Gasteiger partial charge < -0.3 is 19.7 Å². The average Bonchev–Trinajstić information content (AvgIpc) is 2.72. The van der Waals surface area contributed by atoms with Crippen molar-refractivity contribution < 1.29 is 14.3 Å². The molecule has 0 aliphatic carbocycles. The SMILES string of the molecule is COc1ccc(CCC(=O)Nc2ccc(N3CCCC(C)C3)cn2)cc1OC. The van der Waals surface area contributed by atoms with Gasteiger partial charge in [-0.1, -0.05) is 13.0 Å². The first-order valence-electron chi connectivity index (χ1n) is 9.81. The number of methoxy groups -OCH3 is 2. The van der Waals surface area contributed by atoms with E-state index in [1.54, 1.807) is 14.2 Å². The lowest BCUT2D eigenvalue weighted by molar-refractivity contribution is -0.116. The van der Waals surface area contributed by atoms with Gasteiger partial charge in [-0.05, 0) is 55.0 Å². The number of aromatic nitrogens is 1. The molecule has 1 aliphatic heterocycles. The summed E-state index contributed by atoms with van der Waals surface area (Å²) < 4.78 is 10.5. The van der Waals surface area contributed by atoms with E-state index in [1.807, 2.05) is 36.5 Å². The van der Waals surface area contributed by atoms with Crippen LogP contribution in [0.1, 0.15) is 31.7 Å². The number of aryl methyl sites for hydroxylation is 1. The lowest BCUT2D eigenvalue weighted by Gasteiger charge is -2.32. The van der Waals surface area contributed by atoms with Crippen LogP contribution in [0.4, 0.5) is 11.5 Å². The molecule has 1 fully saturated rings. The summed E-state index contributed by atoms with van der Waals surface area (Å²) in [5, 5.41) is 2.88. The number of rotatable bonds is 7. The van der Waals surface area contributed by atoms with E-state index in [-0.39, 0.29) is 5.91 Å². The monoisotopic (exact) mass is 383 g/mol. The van der Waals surface area contributed by atoms with Gasteiger partial charge >= 0.3 is 0 Å². The maximum Gasteiger partial charge on any atom is 0.225 e. The molecule has 3 rings (SSSR count). The average molecular weight is 383 g/mol. The summed E-state index contributed by atoms with van der Waals surface area (Å²) in [7, 11) is 3.21. The molecule has 2 aromatic rings. The number of amides is 1. The van der Waals surface area contributed by atoms with Gasteiger partial charge in [-0.15, -0.1) is 0 Å². The molecule has 1 unspecified atom stereocenters. The van der Waals surface area contributed by atoms with Crippen molar-refractivity contribution in [3.8, 4) is 11.5 Å². The maximum atomic E-state index is 12.3. The normalized spacial score (nSPS) is 16.5. The summed E-state index contributed by atoms with van der Waals surface area (Å²) in [6.45, 7) is 4.42. The molecule has 6 nitrogen and oxygen atoms in total. The third kappa shape index (κ3) is 5.15. The molecule has 1 aromatic heterocycles. The molecule has 0 spiro atoms. The van der Waals surface area contributed by atoms with Crippen LogP contribution in [0, 0.1) is 5.92 Å². The number of ether oxygens (including phenoxy) is 2. The summed E-state index contributed by atoms with van der Waals surface area (Å²) >= 11 is 0. The first-order chi connectivity index (χ1) is 13.6. The standard InChI is InChI=1S/C22H29N3O3/c1-16-5-4-12-25(15-16)18-8-10-21(23-14-18)24-22(26)11-7-17-6-9-19(27-2)20(13-17)28-3/h6,8-10,13-14,16H,4-5,7,11-12,15H2,1-3H3,(H,23,24,26). The van der Waals surface area contributed by atoms with E-state index < -0.39 is 0 Å². The Morgan fingerprint density at radius 3 is 2.71 bits per heavy atom. The number of anilines is 2. The highest BCUT2D eigenvalue weighted by molar-refractivity contribution is 5.90. The number of carbonyl (C=O) groups is 1. The number of hydrogen-bond donors (Lipinski definition) is 1. The summed E-state index contributed by atoms with van der Waals surface area (Å²) in [5.41, 5.74) is 2.14. The third-order valence-corrected chi connectivity index (χ3v) is 5.13. The molecule has 6 heteroatoms. The fourth-order valence-electron chi connectivity index (χ4n) is 3.57. The Morgan fingerprint density at radius 1 is 1.21 bits per heavy atom. The molecular formula is C22H29N3O3. The molecule has 1 aliphatic rings. The number of piperidine rings is 1. The summed E-state index contributed by atoms with van der Waals surface area (Å²) in [6, 6.07) is 9.62. The molecule has 1 aromatic carbocycles. The van der Waals surface area contributed by atoms with Crippen molar-refractivity contribution in [1.29, 1.82) is 0 Å². The van der Waals surface area contributed by atoms with E-state index in [9.17, 15) is 4.79 Å². The third-order valence-electron chi connectivity index (χ3n) is 5.13. The molecule has 0 radical (unpaired) electrons. The summed E-state index contributed by atoms with van der Waals surface area (Å²) in [6.07, 6.45) is 5.36. The number of hydrogen-bond acceptors (Lipinski definition) is 5. The van der Waals surface area contributed by atoms with Crippen molar-refractivity contribution >= 4 is 17.4 Å². The Bertz CT molecular complexity index is 792. The van der Waals surface area contributed by atoms with Crippen molar-refractivity contribution in [3.05, 3.63) is 42.1 Å². The van der Waals surface area contributed by atoms with Gasteiger partial charge in [0.15, 0.2) is 11.5 Å². The summed E-state index contributed by atoms with van der Waals surface area (Å²) in [5.74, 6) is 2.60. The van der Waals surface area contributed by atoms with Gasteiger partial charge in [-0.2, -0.15) is 0 Å². The minimum absolute atomic E-state index is 0.0540. The Hall–Kier alpha value is -2.76. The lowest BCUT2D eigenvalue weighted by Crippen LogP contribution is -2.34. The molecule has 1 saturated heterocycles. The maximum absolute atomic E-state index is 12.3. The van der Waals surface area contributed by atoms with Crippen LogP contribution < -0.4 is 19.7 Å². The number of benzene rings is 1. The molecule has 150 valence electrons. The second-order valence-corrected chi connectivity index (χ2v) is 7.33. The van der Waals surface area contributed by atoms with E-state index in [4.69, 9.17) is 9.47 Å². The van der Waals surface area contributed by atoms with Crippen molar-refractivity contribution in [2.45, 2.75) is 32.6 Å². The van der Waals surface area contributed by atoms with Crippen molar-refractivity contribution in [3.63, 3.8) is 0 Å². The van der Waals surface area contributed by atoms with Gasteiger partial charge in [0.2, 0.25) is 5.91 Å². The topological polar surface area (TPSA) is 63.7 Å². The van der Waals surface area contributed by atoms with E-state index >= 15 is 0 Å². The van der Waals surface area contributed by atoms with Gasteiger partial charge in [-0.3, -0.25) is 4.79 Å². The zero-order chi connectivity index (χ0) is 19.9. The smallest absolute Gasteiger partial charge is 0.225 e. The highest BCUT2D eigenvalue weighted by Gasteiger charge is 2.17. The Labute approximate surface area is 166 Å². The van der Waals surface area contributed by atoms with Gasteiger partial charge in [0.25, 0.3) is 0 Å². The van der Waals surface area contributed by atoms with E-state index in [0.717, 1.165) is 24.3 Å². The second kappa shape index (κ2) is 9.44.